The van der Waals surface area contributed by atoms with Crippen molar-refractivity contribution in [2.45, 2.75) is 32.2 Å². The summed E-state index contributed by atoms with van der Waals surface area (Å²) in [6, 6.07) is 8.17. The lowest BCUT2D eigenvalue weighted by Crippen LogP contribution is -2.08. The van der Waals surface area contributed by atoms with E-state index in [1.807, 2.05) is 32.3 Å². The summed E-state index contributed by atoms with van der Waals surface area (Å²) in [6.45, 7) is 3.57. The average molecular weight is 271 g/mol. The summed E-state index contributed by atoms with van der Waals surface area (Å²) in [5.74, 6) is 1.58. The van der Waals surface area contributed by atoms with Crippen LogP contribution in [0.25, 0.3) is 5.69 Å². The van der Waals surface area contributed by atoms with Gasteiger partial charge in [0.15, 0.2) is 0 Å². The van der Waals surface area contributed by atoms with E-state index in [2.05, 4.69) is 27.2 Å². The molecule has 0 bridgehead atoms. The van der Waals surface area contributed by atoms with Gasteiger partial charge in [0.2, 0.25) is 0 Å². The summed E-state index contributed by atoms with van der Waals surface area (Å²) >= 11 is 0. The first-order valence-corrected chi connectivity index (χ1v) is 7.28. The fraction of sp³-hybridized carbons (Fsp3) is 0.438. The minimum absolute atomic E-state index is 0.674. The number of benzene rings is 1. The van der Waals surface area contributed by atoms with E-state index in [1.165, 1.54) is 24.1 Å². The zero-order valence-corrected chi connectivity index (χ0v) is 12.1. The highest BCUT2D eigenvalue weighted by atomic mass is 16.5. The molecular weight excluding hydrogens is 250 g/mol. The Morgan fingerprint density at radius 2 is 2.05 bits per heavy atom. The SMILES string of the molecule is CCOc1ccc(-n2ncc(CNC)c2C2CC2)cc1. The van der Waals surface area contributed by atoms with E-state index in [9.17, 15) is 0 Å². The molecule has 0 unspecified atom stereocenters. The van der Waals surface area contributed by atoms with Crippen LogP contribution in [0.5, 0.6) is 5.75 Å². The molecule has 1 N–H and O–H groups in total. The molecule has 0 radical (unpaired) electrons. The van der Waals surface area contributed by atoms with Crippen molar-refractivity contribution in [1.82, 2.24) is 15.1 Å². The molecule has 1 aliphatic rings. The Bertz CT molecular complexity index is 570. The lowest BCUT2D eigenvalue weighted by molar-refractivity contribution is 0.340. The van der Waals surface area contributed by atoms with Gasteiger partial charge in [-0.05, 0) is 51.1 Å². The average Bonchev–Trinajstić information content (AvgIpc) is 3.22. The van der Waals surface area contributed by atoms with Gasteiger partial charge in [0.25, 0.3) is 0 Å². The van der Waals surface area contributed by atoms with E-state index in [-0.39, 0.29) is 0 Å². The van der Waals surface area contributed by atoms with Crippen molar-refractivity contribution >= 4 is 0 Å². The second-order valence-corrected chi connectivity index (χ2v) is 5.20. The molecule has 2 aromatic rings. The topological polar surface area (TPSA) is 39.1 Å². The fourth-order valence-corrected chi connectivity index (χ4v) is 2.57. The lowest BCUT2D eigenvalue weighted by atomic mass is 10.1. The number of ether oxygens (including phenoxy) is 1. The monoisotopic (exact) mass is 271 g/mol. The molecule has 1 aromatic heterocycles. The van der Waals surface area contributed by atoms with Gasteiger partial charge < -0.3 is 10.1 Å². The Balaban J connectivity index is 1.92. The van der Waals surface area contributed by atoms with Gasteiger partial charge in [0.05, 0.1) is 24.2 Å². The van der Waals surface area contributed by atoms with Crippen molar-refractivity contribution in [2.75, 3.05) is 13.7 Å². The fourth-order valence-electron chi connectivity index (χ4n) is 2.57. The van der Waals surface area contributed by atoms with Crippen LogP contribution in [0.2, 0.25) is 0 Å². The molecule has 106 valence electrons. The molecule has 1 heterocycles. The summed E-state index contributed by atoms with van der Waals surface area (Å²) in [4.78, 5) is 0. The van der Waals surface area contributed by atoms with Crippen molar-refractivity contribution in [3.05, 3.63) is 41.7 Å². The van der Waals surface area contributed by atoms with Crippen molar-refractivity contribution in [1.29, 1.82) is 0 Å². The molecule has 1 aromatic carbocycles. The Hall–Kier alpha value is -1.81. The van der Waals surface area contributed by atoms with Gasteiger partial charge in [0.1, 0.15) is 5.75 Å². The first-order valence-electron chi connectivity index (χ1n) is 7.28. The van der Waals surface area contributed by atoms with Crippen LogP contribution in [0, 0.1) is 0 Å². The summed E-state index contributed by atoms with van der Waals surface area (Å²) in [6.07, 6.45) is 4.54. The number of aromatic nitrogens is 2. The summed E-state index contributed by atoms with van der Waals surface area (Å²) in [5, 5.41) is 7.80. The highest BCUT2D eigenvalue weighted by molar-refractivity contribution is 5.41. The minimum atomic E-state index is 0.674. The zero-order valence-electron chi connectivity index (χ0n) is 12.1. The number of nitrogens with one attached hydrogen (secondary N) is 1. The van der Waals surface area contributed by atoms with Gasteiger partial charge >= 0.3 is 0 Å². The molecule has 0 atom stereocenters. The smallest absolute Gasteiger partial charge is 0.119 e. The van der Waals surface area contributed by atoms with Crippen LogP contribution < -0.4 is 10.1 Å². The zero-order chi connectivity index (χ0) is 13.9. The van der Waals surface area contributed by atoms with Gasteiger partial charge in [-0.2, -0.15) is 5.10 Å². The highest BCUT2D eigenvalue weighted by Gasteiger charge is 2.30. The first-order chi connectivity index (χ1) is 9.83. The molecule has 20 heavy (non-hydrogen) atoms. The third kappa shape index (κ3) is 2.56. The van der Waals surface area contributed by atoms with Crippen LogP contribution >= 0.6 is 0 Å². The third-order valence-electron chi connectivity index (χ3n) is 3.61. The van der Waals surface area contributed by atoms with Crippen molar-refractivity contribution in [3.63, 3.8) is 0 Å². The van der Waals surface area contributed by atoms with Crippen molar-refractivity contribution < 1.29 is 4.74 Å². The molecule has 4 heteroatoms. The predicted molar refractivity (Wildman–Crippen MR) is 79.5 cm³/mol. The molecular formula is C16H21N3O. The standard InChI is InChI=1S/C16H21N3O/c1-3-20-15-8-6-14(7-9-15)19-16(12-4-5-12)13(10-17-2)11-18-19/h6-9,11-12,17H,3-5,10H2,1-2H3. The van der Waals surface area contributed by atoms with E-state index < -0.39 is 0 Å². The molecule has 1 saturated carbocycles. The first kappa shape index (κ1) is 13.2. The van der Waals surface area contributed by atoms with Crippen LogP contribution in [0.15, 0.2) is 30.5 Å². The van der Waals surface area contributed by atoms with Crippen LogP contribution in [0.3, 0.4) is 0 Å². The number of rotatable bonds is 6. The maximum atomic E-state index is 5.49. The van der Waals surface area contributed by atoms with Crippen LogP contribution in [0.1, 0.15) is 36.9 Å². The Kier molecular flexibility index (Phi) is 3.74. The molecule has 0 saturated heterocycles. The van der Waals surface area contributed by atoms with Gasteiger partial charge in [-0.15, -0.1) is 0 Å². The summed E-state index contributed by atoms with van der Waals surface area (Å²) in [5.41, 5.74) is 3.78. The highest BCUT2D eigenvalue weighted by Crippen LogP contribution is 2.42. The molecule has 0 amide bonds. The number of nitrogens with zero attached hydrogens (tertiary/aromatic N) is 2. The van der Waals surface area contributed by atoms with Crippen LogP contribution in [-0.2, 0) is 6.54 Å². The van der Waals surface area contributed by atoms with E-state index >= 15 is 0 Å². The normalized spacial score (nSPS) is 14.5. The van der Waals surface area contributed by atoms with E-state index in [0.717, 1.165) is 18.0 Å². The van der Waals surface area contributed by atoms with Gasteiger partial charge in [-0.3, -0.25) is 0 Å². The van der Waals surface area contributed by atoms with Crippen molar-refractivity contribution in [2.24, 2.45) is 0 Å². The molecule has 1 aliphatic carbocycles. The molecule has 4 nitrogen and oxygen atoms in total. The molecule has 3 rings (SSSR count). The molecule has 1 fully saturated rings. The van der Waals surface area contributed by atoms with E-state index in [4.69, 9.17) is 4.74 Å². The third-order valence-corrected chi connectivity index (χ3v) is 3.61. The molecule has 0 spiro atoms. The maximum absolute atomic E-state index is 5.49. The van der Waals surface area contributed by atoms with Gasteiger partial charge in [-0.25, -0.2) is 4.68 Å². The van der Waals surface area contributed by atoms with Crippen molar-refractivity contribution in [3.8, 4) is 11.4 Å². The second kappa shape index (κ2) is 5.67. The maximum Gasteiger partial charge on any atom is 0.119 e. The Labute approximate surface area is 119 Å². The summed E-state index contributed by atoms with van der Waals surface area (Å²) in [7, 11) is 1.98. The quantitative estimate of drug-likeness (QED) is 0.878. The van der Waals surface area contributed by atoms with Crippen LogP contribution in [-0.4, -0.2) is 23.4 Å². The van der Waals surface area contributed by atoms with E-state index in [1.54, 1.807) is 0 Å². The number of hydrogen-bond donors (Lipinski definition) is 1. The minimum Gasteiger partial charge on any atom is -0.494 e. The van der Waals surface area contributed by atoms with Crippen LogP contribution in [0.4, 0.5) is 0 Å². The Morgan fingerprint density at radius 1 is 1.30 bits per heavy atom. The number of hydrogen-bond acceptors (Lipinski definition) is 3. The van der Waals surface area contributed by atoms with Gasteiger partial charge in [0, 0.05) is 18.0 Å². The lowest BCUT2D eigenvalue weighted by Gasteiger charge is -2.10. The summed E-state index contributed by atoms with van der Waals surface area (Å²) < 4.78 is 7.57. The Morgan fingerprint density at radius 3 is 2.65 bits per heavy atom. The predicted octanol–water partition coefficient (Wildman–Crippen LogP) is 2.87. The van der Waals surface area contributed by atoms with Gasteiger partial charge in [-0.1, -0.05) is 0 Å². The second-order valence-electron chi connectivity index (χ2n) is 5.20. The van der Waals surface area contributed by atoms with E-state index in [0.29, 0.717) is 12.5 Å². The molecule has 0 aliphatic heterocycles. The largest absolute Gasteiger partial charge is 0.494 e.